The van der Waals surface area contributed by atoms with Crippen LogP contribution in [0.5, 0.6) is 5.75 Å². The van der Waals surface area contributed by atoms with Gasteiger partial charge >= 0.3 is 0 Å². The fourth-order valence-corrected chi connectivity index (χ4v) is 2.70. The molecule has 0 fully saturated rings. The largest absolute Gasteiger partial charge is 0.497 e. The number of benzene rings is 2. The van der Waals surface area contributed by atoms with Crippen LogP contribution >= 0.6 is 11.6 Å². The van der Waals surface area contributed by atoms with Crippen molar-refractivity contribution in [3.63, 3.8) is 0 Å². The molecule has 1 heterocycles. The number of fused-ring (bicyclic) bond motifs is 1. The van der Waals surface area contributed by atoms with Gasteiger partial charge in [-0.1, -0.05) is 23.7 Å². The van der Waals surface area contributed by atoms with Crippen molar-refractivity contribution >= 4 is 28.3 Å². The zero-order valence-corrected chi connectivity index (χ0v) is 12.5. The van der Waals surface area contributed by atoms with E-state index in [2.05, 4.69) is 4.98 Å². The van der Waals surface area contributed by atoms with E-state index in [-0.39, 0.29) is 5.78 Å². The Morgan fingerprint density at radius 1 is 1.19 bits per heavy atom. The Morgan fingerprint density at radius 3 is 2.71 bits per heavy atom. The second-order valence-electron chi connectivity index (χ2n) is 4.85. The van der Waals surface area contributed by atoms with E-state index >= 15 is 0 Å². The molecule has 21 heavy (non-hydrogen) atoms. The van der Waals surface area contributed by atoms with E-state index in [1.807, 2.05) is 36.4 Å². The average Bonchev–Trinajstić information content (AvgIpc) is 2.86. The molecule has 0 spiro atoms. The normalized spacial score (nSPS) is 10.8. The van der Waals surface area contributed by atoms with Crippen LogP contribution in [0.3, 0.4) is 0 Å². The van der Waals surface area contributed by atoms with Gasteiger partial charge in [-0.15, -0.1) is 0 Å². The number of methoxy groups -OCH3 is 1. The molecule has 0 saturated carbocycles. The third kappa shape index (κ3) is 2.41. The molecule has 0 radical (unpaired) electrons. The molecule has 0 aliphatic heterocycles. The van der Waals surface area contributed by atoms with Crippen LogP contribution in [0.2, 0.25) is 5.02 Å². The first-order chi connectivity index (χ1) is 10.1. The van der Waals surface area contributed by atoms with Gasteiger partial charge in [0.15, 0.2) is 5.78 Å². The third-order valence-corrected chi connectivity index (χ3v) is 3.71. The predicted molar refractivity (Wildman–Crippen MR) is 85.3 cm³/mol. The number of ketones is 1. The van der Waals surface area contributed by atoms with Gasteiger partial charge < -0.3 is 9.72 Å². The van der Waals surface area contributed by atoms with Gasteiger partial charge in [0, 0.05) is 21.5 Å². The second-order valence-corrected chi connectivity index (χ2v) is 5.29. The van der Waals surface area contributed by atoms with E-state index in [0.29, 0.717) is 10.6 Å². The van der Waals surface area contributed by atoms with Crippen molar-refractivity contribution in [3.8, 4) is 17.0 Å². The molecule has 0 aliphatic carbocycles. The number of aromatic amines is 1. The molecule has 4 heteroatoms. The molecule has 1 aromatic heterocycles. The van der Waals surface area contributed by atoms with Gasteiger partial charge in [0.25, 0.3) is 0 Å². The molecule has 0 unspecified atom stereocenters. The molecule has 0 atom stereocenters. The van der Waals surface area contributed by atoms with Crippen LogP contribution in [0, 0.1) is 0 Å². The minimum atomic E-state index is 0.00124. The number of halogens is 1. The number of hydrogen-bond acceptors (Lipinski definition) is 2. The minimum Gasteiger partial charge on any atom is -0.497 e. The number of carbonyl (C=O) groups is 1. The predicted octanol–water partition coefficient (Wildman–Crippen LogP) is 4.70. The second kappa shape index (κ2) is 5.26. The quantitative estimate of drug-likeness (QED) is 0.712. The number of aromatic nitrogens is 1. The maximum absolute atomic E-state index is 12.1. The first kappa shape index (κ1) is 13.7. The summed E-state index contributed by atoms with van der Waals surface area (Å²) in [6, 6.07) is 13.1. The van der Waals surface area contributed by atoms with Crippen LogP contribution < -0.4 is 4.74 Å². The fraction of sp³-hybridized carbons (Fsp3) is 0.118. The van der Waals surface area contributed by atoms with Crippen molar-refractivity contribution in [2.45, 2.75) is 6.92 Å². The SMILES string of the molecule is COc1cccc(-c2[nH]c3ccc(Cl)cc3c2C(C)=O)c1. The van der Waals surface area contributed by atoms with E-state index in [1.165, 1.54) is 0 Å². The Morgan fingerprint density at radius 2 is 2.00 bits per heavy atom. The number of carbonyl (C=O) groups excluding carboxylic acids is 1. The summed E-state index contributed by atoms with van der Waals surface area (Å²) in [5.74, 6) is 0.750. The van der Waals surface area contributed by atoms with Crippen molar-refractivity contribution in [2.24, 2.45) is 0 Å². The zero-order valence-electron chi connectivity index (χ0n) is 11.7. The van der Waals surface area contributed by atoms with Crippen LogP contribution in [-0.2, 0) is 0 Å². The maximum Gasteiger partial charge on any atom is 0.162 e. The highest BCUT2D eigenvalue weighted by Crippen LogP contribution is 2.33. The van der Waals surface area contributed by atoms with Gasteiger partial charge in [-0.25, -0.2) is 0 Å². The van der Waals surface area contributed by atoms with E-state index < -0.39 is 0 Å². The summed E-state index contributed by atoms with van der Waals surface area (Å²) in [7, 11) is 1.62. The smallest absolute Gasteiger partial charge is 0.162 e. The lowest BCUT2D eigenvalue weighted by atomic mass is 10.0. The molecule has 106 valence electrons. The molecule has 3 nitrogen and oxygen atoms in total. The van der Waals surface area contributed by atoms with Crippen LogP contribution in [0.25, 0.3) is 22.2 Å². The Hall–Kier alpha value is -2.26. The van der Waals surface area contributed by atoms with Crippen LogP contribution in [0.15, 0.2) is 42.5 Å². The topological polar surface area (TPSA) is 42.1 Å². The summed E-state index contributed by atoms with van der Waals surface area (Å²) in [5, 5.41) is 1.45. The molecule has 0 amide bonds. The van der Waals surface area contributed by atoms with Crippen molar-refractivity contribution in [3.05, 3.63) is 53.1 Å². The number of nitrogens with one attached hydrogen (secondary N) is 1. The van der Waals surface area contributed by atoms with Gasteiger partial charge in [0.05, 0.1) is 18.4 Å². The van der Waals surface area contributed by atoms with Crippen molar-refractivity contribution in [1.82, 2.24) is 4.98 Å². The molecule has 1 N–H and O–H groups in total. The van der Waals surface area contributed by atoms with Crippen molar-refractivity contribution < 1.29 is 9.53 Å². The van der Waals surface area contributed by atoms with E-state index in [1.54, 1.807) is 20.1 Å². The number of hydrogen-bond donors (Lipinski definition) is 1. The summed E-state index contributed by atoms with van der Waals surface area (Å²) in [6.45, 7) is 1.56. The van der Waals surface area contributed by atoms with Gasteiger partial charge in [-0.05, 0) is 37.3 Å². The minimum absolute atomic E-state index is 0.00124. The monoisotopic (exact) mass is 299 g/mol. The molecule has 3 rings (SSSR count). The molecular formula is C17H14ClNO2. The van der Waals surface area contributed by atoms with Crippen molar-refractivity contribution in [2.75, 3.05) is 7.11 Å². The molecule has 2 aromatic carbocycles. The molecule has 3 aromatic rings. The summed E-state index contributed by atoms with van der Waals surface area (Å²) in [6.07, 6.45) is 0. The summed E-state index contributed by atoms with van der Waals surface area (Å²) in [4.78, 5) is 15.4. The van der Waals surface area contributed by atoms with Gasteiger partial charge in [0.2, 0.25) is 0 Å². The van der Waals surface area contributed by atoms with Crippen LogP contribution in [0.4, 0.5) is 0 Å². The lowest BCUT2D eigenvalue weighted by Crippen LogP contribution is -1.94. The first-order valence-corrected chi connectivity index (χ1v) is 6.94. The fourth-order valence-electron chi connectivity index (χ4n) is 2.52. The van der Waals surface area contributed by atoms with Crippen molar-refractivity contribution in [1.29, 1.82) is 0 Å². The summed E-state index contributed by atoms with van der Waals surface area (Å²) >= 11 is 6.05. The highest BCUT2D eigenvalue weighted by atomic mass is 35.5. The maximum atomic E-state index is 12.1. The highest BCUT2D eigenvalue weighted by molar-refractivity contribution is 6.31. The van der Waals surface area contributed by atoms with Crippen LogP contribution in [-0.4, -0.2) is 17.9 Å². The lowest BCUT2D eigenvalue weighted by Gasteiger charge is -2.05. The van der Waals surface area contributed by atoms with Gasteiger partial charge in [-0.3, -0.25) is 4.79 Å². The Kier molecular flexibility index (Phi) is 3.43. The zero-order chi connectivity index (χ0) is 15.0. The molecule has 0 bridgehead atoms. The summed E-state index contributed by atoms with van der Waals surface area (Å²) in [5.41, 5.74) is 3.24. The molecule has 0 aliphatic rings. The lowest BCUT2D eigenvalue weighted by molar-refractivity contribution is 0.102. The number of Topliss-reactive ketones (excluding diaryl/α,β-unsaturated/α-hetero) is 1. The Balaban J connectivity index is 2.31. The molecular weight excluding hydrogens is 286 g/mol. The Bertz CT molecular complexity index is 836. The number of H-pyrrole nitrogens is 1. The Labute approximate surface area is 127 Å². The standard InChI is InChI=1S/C17H14ClNO2/c1-10(20)16-14-9-12(18)6-7-15(14)19-17(16)11-4-3-5-13(8-11)21-2/h3-9,19H,1-2H3. The number of ether oxygens (including phenoxy) is 1. The first-order valence-electron chi connectivity index (χ1n) is 6.56. The highest BCUT2D eigenvalue weighted by Gasteiger charge is 2.17. The van der Waals surface area contributed by atoms with Crippen LogP contribution in [0.1, 0.15) is 17.3 Å². The third-order valence-electron chi connectivity index (χ3n) is 3.47. The van der Waals surface area contributed by atoms with Gasteiger partial charge in [0.1, 0.15) is 5.75 Å². The van der Waals surface area contributed by atoms with E-state index in [0.717, 1.165) is 27.9 Å². The van der Waals surface area contributed by atoms with E-state index in [9.17, 15) is 4.79 Å². The van der Waals surface area contributed by atoms with Gasteiger partial charge in [-0.2, -0.15) is 0 Å². The summed E-state index contributed by atoms with van der Waals surface area (Å²) < 4.78 is 5.25. The molecule has 0 saturated heterocycles. The average molecular weight is 300 g/mol. The number of rotatable bonds is 3. The van der Waals surface area contributed by atoms with E-state index in [4.69, 9.17) is 16.3 Å².